The van der Waals surface area contributed by atoms with Crippen LogP contribution in [0.3, 0.4) is 0 Å². The number of rotatable bonds is 4. The van der Waals surface area contributed by atoms with E-state index in [9.17, 15) is 15.2 Å². The summed E-state index contributed by atoms with van der Waals surface area (Å²) in [4.78, 5) is 11.5. The highest BCUT2D eigenvalue weighted by Crippen LogP contribution is 2.43. The molecule has 1 atom stereocenters. The molecule has 0 fully saturated rings. The molecule has 1 aromatic carbocycles. The number of ether oxygens (including phenoxy) is 3. The fourth-order valence-corrected chi connectivity index (χ4v) is 2.50. The summed E-state index contributed by atoms with van der Waals surface area (Å²) in [5.41, 5.74) is 5.92. The Morgan fingerprint density at radius 3 is 2.61 bits per heavy atom. The molecule has 1 aromatic rings. The van der Waals surface area contributed by atoms with Crippen LogP contribution in [0.15, 0.2) is 41.0 Å². The van der Waals surface area contributed by atoms with Crippen LogP contribution in [0, 0.1) is 11.3 Å². The third-order valence-electron chi connectivity index (χ3n) is 3.57. The zero-order chi connectivity index (χ0) is 17.1. The van der Waals surface area contributed by atoms with Crippen molar-refractivity contribution in [2.75, 3.05) is 14.2 Å². The number of methoxy groups -OCH3 is 2. The molecule has 1 heterocycles. The van der Waals surface area contributed by atoms with Gasteiger partial charge in [-0.15, -0.1) is 0 Å². The van der Waals surface area contributed by atoms with Crippen LogP contribution in [0.2, 0.25) is 0 Å². The molecule has 23 heavy (non-hydrogen) atoms. The quantitative estimate of drug-likeness (QED) is 0.861. The maximum Gasteiger partial charge on any atom is 0.196 e. The summed E-state index contributed by atoms with van der Waals surface area (Å²) in [6, 6.07) is 6.85. The first kappa shape index (κ1) is 16.2. The molecule has 7 heteroatoms. The number of nitriles is 1. The molecular weight excluding hydrogens is 300 g/mol. The summed E-state index contributed by atoms with van der Waals surface area (Å²) in [6.45, 7) is 1.54. The van der Waals surface area contributed by atoms with Crippen molar-refractivity contribution in [3.63, 3.8) is 0 Å². The fourth-order valence-electron chi connectivity index (χ4n) is 2.50. The Morgan fingerprint density at radius 1 is 1.39 bits per heavy atom. The number of carbonyl (C=O) groups excluding carboxylic acids is 1. The topological polar surface area (TPSA) is 118 Å². The summed E-state index contributed by atoms with van der Waals surface area (Å²) in [6.07, 6.45) is 0. The number of carboxylic acid groups (broad SMARTS) is 1. The third-order valence-corrected chi connectivity index (χ3v) is 3.57. The predicted molar refractivity (Wildman–Crippen MR) is 77.9 cm³/mol. The monoisotopic (exact) mass is 315 g/mol. The lowest BCUT2D eigenvalue weighted by Gasteiger charge is -2.29. The number of benzene rings is 1. The van der Waals surface area contributed by atoms with Crippen molar-refractivity contribution < 1.29 is 24.1 Å². The van der Waals surface area contributed by atoms with Crippen molar-refractivity contribution in [1.29, 1.82) is 5.26 Å². The smallest absolute Gasteiger partial charge is 0.196 e. The van der Waals surface area contributed by atoms with E-state index in [0.717, 1.165) is 0 Å². The molecule has 0 bridgehead atoms. The number of hydrogen-bond acceptors (Lipinski definition) is 7. The Balaban J connectivity index is 2.76. The first-order chi connectivity index (χ1) is 10.9. The molecule has 2 rings (SSSR count). The molecule has 0 aliphatic carbocycles. The average Bonchev–Trinajstić information content (AvgIpc) is 2.53. The maximum absolute atomic E-state index is 11.5. The molecule has 1 aliphatic heterocycles. The molecular formula is C16H15N2O5-. The van der Waals surface area contributed by atoms with Crippen molar-refractivity contribution in [3.8, 4) is 17.6 Å². The van der Waals surface area contributed by atoms with Crippen LogP contribution >= 0.6 is 0 Å². The average molecular weight is 315 g/mol. The Bertz CT molecular complexity index is 758. The van der Waals surface area contributed by atoms with E-state index in [1.54, 1.807) is 18.2 Å². The number of nitrogens with two attached hydrogens (primary N) is 1. The molecule has 0 saturated heterocycles. The van der Waals surface area contributed by atoms with E-state index in [4.69, 9.17) is 19.9 Å². The van der Waals surface area contributed by atoms with Gasteiger partial charge in [0.15, 0.2) is 5.88 Å². The van der Waals surface area contributed by atoms with Crippen LogP contribution in [0.4, 0.5) is 0 Å². The number of carbonyl (C=O) groups is 1. The molecule has 0 spiro atoms. The number of aliphatic carboxylic acids is 1. The zero-order valence-electron chi connectivity index (χ0n) is 12.9. The fraction of sp³-hybridized carbons (Fsp3) is 0.250. The summed E-state index contributed by atoms with van der Waals surface area (Å²) >= 11 is 0. The van der Waals surface area contributed by atoms with E-state index >= 15 is 0 Å². The second-order valence-electron chi connectivity index (χ2n) is 4.79. The molecule has 1 aliphatic rings. The Labute approximate surface area is 133 Å². The molecule has 0 radical (unpaired) electrons. The number of hydrogen-bond donors (Lipinski definition) is 1. The number of allylic oxidation sites excluding steroid dienone is 2. The largest absolute Gasteiger partial charge is 0.545 e. The standard InChI is InChI=1S/C16H16N2O5/c1-8-11(7-17)13(14(16(19)20)15(18)23-8)10-6-9(21-2)4-5-12(10)22-3/h4-6,13H,18H2,1-3H3,(H,19,20)/p-1/t13-/m0/s1. The lowest BCUT2D eigenvalue weighted by Crippen LogP contribution is -2.34. The number of nitrogens with zero attached hydrogens (tertiary/aromatic N) is 1. The Morgan fingerprint density at radius 2 is 2.09 bits per heavy atom. The Kier molecular flexibility index (Phi) is 4.46. The van der Waals surface area contributed by atoms with Gasteiger partial charge in [0.2, 0.25) is 0 Å². The molecule has 0 aromatic heterocycles. The second-order valence-corrected chi connectivity index (χ2v) is 4.79. The zero-order valence-corrected chi connectivity index (χ0v) is 12.9. The van der Waals surface area contributed by atoms with Crippen LogP contribution in [0.5, 0.6) is 11.5 Å². The van der Waals surface area contributed by atoms with Crippen molar-refractivity contribution >= 4 is 5.97 Å². The van der Waals surface area contributed by atoms with Gasteiger partial charge in [0.1, 0.15) is 17.3 Å². The van der Waals surface area contributed by atoms with Gasteiger partial charge in [0.05, 0.1) is 37.7 Å². The lowest BCUT2D eigenvalue weighted by atomic mass is 9.82. The minimum Gasteiger partial charge on any atom is -0.545 e. The van der Waals surface area contributed by atoms with Crippen LogP contribution in [0.25, 0.3) is 0 Å². The van der Waals surface area contributed by atoms with E-state index in [0.29, 0.717) is 17.1 Å². The van der Waals surface area contributed by atoms with Gasteiger partial charge in [0.25, 0.3) is 0 Å². The minimum absolute atomic E-state index is 0.116. The van der Waals surface area contributed by atoms with Gasteiger partial charge in [0, 0.05) is 11.1 Å². The second kappa shape index (κ2) is 6.32. The number of carboxylic acids is 1. The van der Waals surface area contributed by atoms with Crippen molar-refractivity contribution in [2.24, 2.45) is 5.73 Å². The van der Waals surface area contributed by atoms with Crippen molar-refractivity contribution in [3.05, 3.63) is 46.6 Å². The summed E-state index contributed by atoms with van der Waals surface area (Å²) < 4.78 is 15.6. The van der Waals surface area contributed by atoms with Gasteiger partial charge in [-0.2, -0.15) is 5.26 Å². The van der Waals surface area contributed by atoms with Gasteiger partial charge < -0.3 is 29.8 Å². The SMILES string of the molecule is COc1ccc(OC)c([C@H]2C(C#N)=C(C)OC(N)=C2C(=O)[O-])c1. The molecule has 0 saturated carbocycles. The highest BCUT2D eigenvalue weighted by atomic mass is 16.5. The van der Waals surface area contributed by atoms with E-state index in [2.05, 4.69) is 0 Å². The van der Waals surface area contributed by atoms with E-state index in [1.165, 1.54) is 21.1 Å². The van der Waals surface area contributed by atoms with Gasteiger partial charge in [-0.3, -0.25) is 0 Å². The summed E-state index contributed by atoms with van der Waals surface area (Å²) in [5, 5.41) is 21.0. The molecule has 7 nitrogen and oxygen atoms in total. The predicted octanol–water partition coefficient (Wildman–Crippen LogP) is 0.535. The maximum atomic E-state index is 11.5. The molecule has 2 N–H and O–H groups in total. The minimum atomic E-state index is -1.52. The Hall–Kier alpha value is -3.14. The van der Waals surface area contributed by atoms with Crippen LogP contribution in [-0.2, 0) is 9.53 Å². The van der Waals surface area contributed by atoms with Crippen LogP contribution < -0.4 is 20.3 Å². The van der Waals surface area contributed by atoms with Gasteiger partial charge in [-0.05, 0) is 25.1 Å². The van der Waals surface area contributed by atoms with Gasteiger partial charge in [-0.25, -0.2) is 0 Å². The van der Waals surface area contributed by atoms with Gasteiger partial charge in [-0.1, -0.05) is 0 Å². The van der Waals surface area contributed by atoms with E-state index in [1.807, 2.05) is 6.07 Å². The molecule has 120 valence electrons. The first-order valence-electron chi connectivity index (χ1n) is 6.66. The summed E-state index contributed by atoms with van der Waals surface area (Å²) in [7, 11) is 2.92. The first-order valence-corrected chi connectivity index (χ1v) is 6.66. The van der Waals surface area contributed by atoms with Crippen molar-refractivity contribution in [2.45, 2.75) is 12.8 Å². The van der Waals surface area contributed by atoms with Crippen LogP contribution in [-0.4, -0.2) is 20.2 Å². The van der Waals surface area contributed by atoms with Crippen molar-refractivity contribution in [1.82, 2.24) is 0 Å². The highest BCUT2D eigenvalue weighted by Gasteiger charge is 2.34. The van der Waals surface area contributed by atoms with Gasteiger partial charge >= 0.3 is 0 Å². The van der Waals surface area contributed by atoms with E-state index < -0.39 is 11.9 Å². The normalized spacial score (nSPS) is 17.4. The molecule has 0 unspecified atom stereocenters. The third kappa shape index (κ3) is 2.79. The lowest BCUT2D eigenvalue weighted by molar-refractivity contribution is -0.299. The summed E-state index contributed by atoms with van der Waals surface area (Å²) in [5.74, 6) is -1.69. The highest BCUT2D eigenvalue weighted by molar-refractivity contribution is 5.89. The molecule has 0 amide bonds. The van der Waals surface area contributed by atoms with E-state index in [-0.39, 0.29) is 22.8 Å². The van der Waals surface area contributed by atoms with Crippen LogP contribution in [0.1, 0.15) is 18.4 Å².